The molecule has 0 saturated carbocycles. The van der Waals surface area contributed by atoms with Gasteiger partial charge in [0.2, 0.25) is 0 Å². The lowest BCUT2D eigenvalue weighted by Crippen LogP contribution is -2.17. The highest BCUT2D eigenvalue weighted by molar-refractivity contribution is 5.03. The van der Waals surface area contributed by atoms with Gasteiger partial charge in [0, 0.05) is 13.7 Å². The van der Waals surface area contributed by atoms with Crippen molar-refractivity contribution in [3.05, 3.63) is 24.2 Å². The summed E-state index contributed by atoms with van der Waals surface area (Å²) in [6.45, 7) is 0.742. The average molecular weight is 169 g/mol. The lowest BCUT2D eigenvalue weighted by molar-refractivity contribution is 0.180. The molecule has 1 unspecified atom stereocenters. The summed E-state index contributed by atoms with van der Waals surface area (Å²) in [5.41, 5.74) is 0. The fourth-order valence-electron chi connectivity index (χ4n) is 1.15. The summed E-state index contributed by atoms with van der Waals surface area (Å²) < 4.78 is 10.3. The van der Waals surface area contributed by atoms with Gasteiger partial charge in [0.15, 0.2) is 0 Å². The van der Waals surface area contributed by atoms with Gasteiger partial charge in [-0.3, -0.25) is 0 Å². The Morgan fingerprint density at radius 1 is 1.67 bits per heavy atom. The van der Waals surface area contributed by atoms with E-state index in [4.69, 9.17) is 9.15 Å². The van der Waals surface area contributed by atoms with E-state index >= 15 is 0 Å². The van der Waals surface area contributed by atoms with Gasteiger partial charge in [-0.15, -0.1) is 0 Å². The predicted octanol–water partition coefficient (Wildman–Crippen LogP) is 1.58. The molecule has 1 atom stereocenters. The zero-order chi connectivity index (χ0) is 8.81. The van der Waals surface area contributed by atoms with Crippen molar-refractivity contribution < 1.29 is 9.15 Å². The maximum atomic E-state index is 5.27. The zero-order valence-corrected chi connectivity index (χ0v) is 7.54. The topological polar surface area (TPSA) is 34.4 Å². The van der Waals surface area contributed by atoms with Gasteiger partial charge >= 0.3 is 0 Å². The van der Waals surface area contributed by atoms with E-state index in [9.17, 15) is 0 Å². The summed E-state index contributed by atoms with van der Waals surface area (Å²) in [5, 5.41) is 3.17. The van der Waals surface area contributed by atoms with Gasteiger partial charge in [-0.25, -0.2) is 0 Å². The van der Waals surface area contributed by atoms with Gasteiger partial charge in [-0.05, 0) is 25.6 Å². The third kappa shape index (κ3) is 2.36. The number of hydrogen-bond donors (Lipinski definition) is 1. The monoisotopic (exact) mass is 169 g/mol. The molecule has 0 aliphatic heterocycles. The molecule has 1 rings (SSSR count). The number of ether oxygens (including phenoxy) is 1. The number of furan rings is 1. The summed E-state index contributed by atoms with van der Waals surface area (Å²) in [5.74, 6) is 0.967. The molecule has 0 spiro atoms. The van der Waals surface area contributed by atoms with Crippen LogP contribution in [0.4, 0.5) is 0 Å². The van der Waals surface area contributed by atoms with Crippen molar-refractivity contribution in [3.8, 4) is 0 Å². The van der Waals surface area contributed by atoms with E-state index in [1.54, 1.807) is 13.4 Å². The molecule has 12 heavy (non-hydrogen) atoms. The SMILES string of the molecule is CNC(CCOC)c1ccco1. The minimum absolute atomic E-state index is 0.264. The van der Waals surface area contributed by atoms with Crippen LogP contribution in [0.5, 0.6) is 0 Å². The highest BCUT2D eigenvalue weighted by Crippen LogP contribution is 2.15. The highest BCUT2D eigenvalue weighted by Gasteiger charge is 2.10. The smallest absolute Gasteiger partial charge is 0.120 e. The Balaban J connectivity index is 2.45. The molecular formula is C9H15NO2. The molecule has 0 bridgehead atoms. The van der Waals surface area contributed by atoms with Crippen LogP contribution in [0, 0.1) is 0 Å². The van der Waals surface area contributed by atoms with Crippen LogP contribution in [0.25, 0.3) is 0 Å². The standard InChI is InChI=1S/C9H15NO2/c1-10-8(5-7-11-2)9-4-3-6-12-9/h3-4,6,8,10H,5,7H2,1-2H3. The van der Waals surface area contributed by atoms with Gasteiger partial charge in [-0.1, -0.05) is 0 Å². The molecule has 3 heteroatoms. The Bertz CT molecular complexity index is 196. The van der Waals surface area contributed by atoms with Crippen LogP contribution in [0.3, 0.4) is 0 Å². The van der Waals surface area contributed by atoms with Crippen molar-refractivity contribution in [2.75, 3.05) is 20.8 Å². The number of rotatable bonds is 5. The fraction of sp³-hybridized carbons (Fsp3) is 0.556. The first-order valence-corrected chi connectivity index (χ1v) is 4.08. The second kappa shape index (κ2) is 4.95. The number of nitrogens with one attached hydrogen (secondary N) is 1. The molecule has 1 aromatic heterocycles. The van der Waals surface area contributed by atoms with Crippen molar-refractivity contribution in [1.29, 1.82) is 0 Å². The van der Waals surface area contributed by atoms with Crippen molar-refractivity contribution >= 4 is 0 Å². The van der Waals surface area contributed by atoms with Crippen LogP contribution < -0.4 is 5.32 Å². The van der Waals surface area contributed by atoms with E-state index in [0.717, 1.165) is 18.8 Å². The van der Waals surface area contributed by atoms with Crippen molar-refractivity contribution in [3.63, 3.8) is 0 Å². The average Bonchev–Trinajstić information content (AvgIpc) is 2.59. The normalized spacial score (nSPS) is 13.2. The quantitative estimate of drug-likeness (QED) is 0.726. The predicted molar refractivity (Wildman–Crippen MR) is 47.0 cm³/mol. The van der Waals surface area contributed by atoms with Crippen LogP contribution >= 0.6 is 0 Å². The Morgan fingerprint density at radius 3 is 3.00 bits per heavy atom. The molecule has 0 aliphatic rings. The van der Waals surface area contributed by atoms with Gasteiger partial charge in [0.25, 0.3) is 0 Å². The van der Waals surface area contributed by atoms with Crippen LogP contribution in [-0.4, -0.2) is 20.8 Å². The largest absolute Gasteiger partial charge is 0.468 e. The fourth-order valence-corrected chi connectivity index (χ4v) is 1.15. The molecule has 0 aliphatic carbocycles. The Hall–Kier alpha value is -0.800. The van der Waals surface area contributed by atoms with E-state index in [2.05, 4.69) is 5.32 Å². The van der Waals surface area contributed by atoms with Crippen LogP contribution in [0.15, 0.2) is 22.8 Å². The Morgan fingerprint density at radius 2 is 2.50 bits per heavy atom. The lowest BCUT2D eigenvalue weighted by atomic mass is 10.2. The Kier molecular flexibility index (Phi) is 3.84. The first kappa shape index (κ1) is 9.29. The van der Waals surface area contributed by atoms with E-state index in [1.807, 2.05) is 19.2 Å². The second-order valence-corrected chi connectivity index (χ2v) is 2.64. The van der Waals surface area contributed by atoms with Gasteiger partial charge in [0.05, 0.1) is 12.3 Å². The van der Waals surface area contributed by atoms with Crippen LogP contribution in [0.2, 0.25) is 0 Å². The zero-order valence-electron chi connectivity index (χ0n) is 7.54. The summed E-state index contributed by atoms with van der Waals surface area (Å²) in [7, 11) is 3.62. The summed E-state index contributed by atoms with van der Waals surface area (Å²) in [4.78, 5) is 0. The van der Waals surface area contributed by atoms with Gasteiger partial charge in [-0.2, -0.15) is 0 Å². The maximum absolute atomic E-state index is 5.27. The van der Waals surface area contributed by atoms with E-state index < -0.39 is 0 Å². The molecule has 1 aromatic rings. The minimum Gasteiger partial charge on any atom is -0.468 e. The molecule has 0 fully saturated rings. The molecule has 0 saturated heterocycles. The Labute approximate surface area is 72.7 Å². The molecule has 3 nitrogen and oxygen atoms in total. The summed E-state index contributed by atoms with van der Waals surface area (Å²) in [6, 6.07) is 4.13. The first-order chi connectivity index (χ1) is 5.88. The summed E-state index contributed by atoms with van der Waals surface area (Å²) in [6.07, 6.45) is 2.62. The van der Waals surface area contributed by atoms with E-state index in [1.165, 1.54) is 0 Å². The summed E-state index contributed by atoms with van der Waals surface area (Å²) >= 11 is 0. The lowest BCUT2D eigenvalue weighted by Gasteiger charge is -2.12. The van der Waals surface area contributed by atoms with Crippen LogP contribution in [-0.2, 0) is 4.74 Å². The molecule has 0 aromatic carbocycles. The van der Waals surface area contributed by atoms with Gasteiger partial charge < -0.3 is 14.5 Å². The van der Waals surface area contributed by atoms with Crippen molar-refractivity contribution in [1.82, 2.24) is 5.32 Å². The van der Waals surface area contributed by atoms with E-state index in [-0.39, 0.29) is 6.04 Å². The molecule has 68 valence electrons. The first-order valence-electron chi connectivity index (χ1n) is 4.08. The molecule has 0 radical (unpaired) electrons. The number of hydrogen-bond acceptors (Lipinski definition) is 3. The van der Waals surface area contributed by atoms with Crippen LogP contribution in [0.1, 0.15) is 18.2 Å². The van der Waals surface area contributed by atoms with Crippen molar-refractivity contribution in [2.45, 2.75) is 12.5 Å². The second-order valence-electron chi connectivity index (χ2n) is 2.64. The number of methoxy groups -OCH3 is 1. The molecule has 1 N–H and O–H groups in total. The minimum atomic E-state index is 0.264. The highest BCUT2D eigenvalue weighted by atomic mass is 16.5. The third-order valence-electron chi connectivity index (χ3n) is 1.85. The van der Waals surface area contributed by atoms with E-state index in [0.29, 0.717) is 0 Å². The maximum Gasteiger partial charge on any atom is 0.120 e. The third-order valence-corrected chi connectivity index (χ3v) is 1.85. The molecule has 1 heterocycles. The van der Waals surface area contributed by atoms with Crippen molar-refractivity contribution in [2.24, 2.45) is 0 Å². The molecular weight excluding hydrogens is 154 g/mol. The molecule has 0 amide bonds. The van der Waals surface area contributed by atoms with Gasteiger partial charge in [0.1, 0.15) is 5.76 Å².